The molecule has 0 nitrogen and oxygen atoms in total. The molecule has 0 heterocycles. The summed E-state index contributed by atoms with van der Waals surface area (Å²) in [6.45, 7) is 22.9. The summed E-state index contributed by atoms with van der Waals surface area (Å²) in [6.07, 6.45) is 12.1. The van der Waals surface area contributed by atoms with Gasteiger partial charge in [-0.1, -0.05) is 83.9 Å². The molecule has 0 bridgehead atoms. The van der Waals surface area contributed by atoms with E-state index in [1.165, 1.54) is 0 Å². The SMILES string of the molecule is C=C/C=C\C(=C)C(=C)/C=C\CC=C.CC.CC. The molecule has 0 saturated heterocycles. The Morgan fingerprint density at radius 3 is 1.76 bits per heavy atom. The molecule has 0 atom stereocenters. The Bertz CT molecular complexity index is 262. The highest BCUT2D eigenvalue weighted by molar-refractivity contribution is 5.43. The third kappa shape index (κ3) is 17.1. The van der Waals surface area contributed by atoms with Crippen molar-refractivity contribution in [1.82, 2.24) is 0 Å². The average molecular weight is 232 g/mol. The van der Waals surface area contributed by atoms with Crippen LogP contribution in [-0.2, 0) is 0 Å². The van der Waals surface area contributed by atoms with Crippen LogP contribution in [0.1, 0.15) is 34.1 Å². The Kier molecular flexibility index (Phi) is 24.4. The molecule has 0 aliphatic heterocycles. The Morgan fingerprint density at radius 1 is 0.882 bits per heavy atom. The highest BCUT2D eigenvalue weighted by Crippen LogP contribution is 2.08. The van der Waals surface area contributed by atoms with E-state index in [9.17, 15) is 0 Å². The molecule has 0 amide bonds. The van der Waals surface area contributed by atoms with Gasteiger partial charge in [-0.05, 0) is 17.6 Å². The van der Waals surface area contributed by atoms with E-state index in [0.29, 0.717) is 0 Å². The molecule has 0 fully saturated rings. The first-order valence-corrected chi connectivity index (χ1v) is 6.17. The van der Waals surface area contributed by atoms with Gasteiger partial charge in [-0.3, -0.25) is 0 Å². The normalized spacial score (nSPS) is 8.71. The first-order chi connectivity index (χ1) is 8.22. The molecular weight excluding hydrogens is 204 g/mol. The van der Waals surface area contributed by atoms with Crippen LogP contribution in [0.25, 0.3) is 0 Å². The minimum atomic E-state index is 0.859. The van der Waals surface area contributed by atoms with Crippen LogP contribution in [0.15, 0.2) is 73.9 Å². The van der Waals surface area contributed by atoms with Crippen LogP contribution in [-0.4, -0.2) is 0 Å². The Hall–Kier alpha value is -1.56. The maximum Gasteiger partial charge on any atom is -0.0169 e. The molecule has 0 aliphatic rings. The van der Waals surface area contributed by atoms with Gasteiger partial charge in [0.1, 0.15) is 0 Å². The minimum absolute atomic E-state index is 0.859. The van der Waals surface area contributed by atoms with Crippen LogP contribution >= 0.6 is 0 Å². The van der Waals surface area contributed by atoms with E-state index in [0.717, 1.165) is 17.6 Å². The quantitative estimate of drug-likeness (QED) is 0.387. The lowest BCUT2D eigenvalue weighted by atomic mass is 10.1. The van der Waals surface area contributed by atoms with E-state index in [2.05, 4.69) is 26.3 Å². The van der Waals surface area contributed by atoms with Crippen LogP contribution in [0.4, 0.5) is 0 Å². The maximum atomic E-state index is 3.87. The fraction of sp³-hybridized carbons (Fsp3) is 0.294. The van der Waals surface area contributed by atoms with E-state index in [1.807, 2.05) is 58.1 Å². The zero-order valence-corrected chi connectivity index (χ0v) is 12.0. The summed E-state index contributed by atoms with van der Waals surface area (Å²) >= 11 is 0. The lowest BCUT2D eigenvalue weighted by molar-refractivity contribution is 1.39. The van der Waals surface area contributed by atoms with Gasteiger partial charge >= 0.3 is 0 Å². The first-order valence-electron chi connectivity index (χ1n) is 6.17. The van der Waals surface area contributed by atoms with E-state index >= 15 is 0 Å². The monoisotopic (exact) mass is 232 g/mol. The molecule has 0 N–H and O–H groups in total. The zero-order chi connectivity index (χ0) is 14.1. The number of allylic oxidation sites excluding steroid dienone is 8. The third-order valence-electron chi connectivity index (χ3n) is 1.47. The van der Waals surface area contributed by atoms with Gasteiger partial charge in [0, 0.05) is 0 Å². The van der Waals surface area contributed by atoms with Crippen molar-refractivity contribution in [1.29, 1.82) is 0 Å². The van der Waals surface area contributed by atoms with Crippen molar-refractivity contribution in [2.45, 2.75) is 34.1 Å². The molecule has 0 heteroatoms. The van der Waals surface area contributed by atoms with Crippen molar-refractivity contribution in [3.63, 3.8) is 0 Å². The summed E-state index contributed by atoms with van der Waals surface area (Å²) in [5, 5.41) is 0. The van der Waals surface area contributed by atoms with Gasteiger partial charge in [0.05, 0.1) is 0 Å². The van der Waals surface area contributed by atoms with Crippen LogP contribution in [0, 0.1) is 0 Å². The molecule has 0 unspecified atom stereocenters. The highest BCUT2D eigenvalue weighted by atomic mass is 13.9. The predicted molar refractivity (Wildman–Crippen MR) is 84.3 cm³/mol. The summed E-state index contributed by atoms with van der Waals surface area (Å²) in [6, 6.07) is 0. The van der Waals surface area contributed by atoms with Gasteiger partial charge in [0.2, 0.25) is 0 Å². The van der Waals surface area contributed by atoms with E-state index in [-0.39, 0.29) is 0 Å². The predicted octanol–water partition coefficient (Wildman–Crippen LogP) is 6.03. The first kappa shape index (κ1) is 20.8. The Balaban J connectivity index is -0.000000439. The summed E-state index contributed by atoms with van der Waals surface area (Å²) in [4.78, 5) is 0. The lowest BCUT2D eigenvalue weighted by Gasteiger charge is -1.96. The van der Waals surface area contributed by atoms with Crippen molar-refractivity contribution in [2.24, 2.45) is 0 Å². The fourth-order valence-electron chi connectivity index (χ4n) is 0.705. The minimum Gasteiger partial charge on any atom is -0.103 e. The molecule has 0 rings (SSSR count). The second-order valence-corrected chi connectivity index (χ2v) is 2.57. The van der Waals surface area contributed by atoms with Crippen molar-refractivity contribution >= 4 is 0 Å². The summed E-state index contributed by atoms with van der Waals surface area (Å²) in [5.41, 5.74) is 1.82. The van der Waals surface area contributed by atoms with Gasteiger partial charge in [-0.15, -0.1) is 6.58 Å². The smallest absolute Gasteiger partial charge is 0.0169 e. The van der Waals surface area contributed by atoms with Gasteiger partial charge < -0.3 is 0 Å². The number of rotatable bonds is 6. The topological polar surface area (TPSA) is 0 Å². The van der Waals surface area contributed by atoms with Crippen molar-refractivity contribution in [3.05, 3.63) is 73.9 Å². The summed E-state index contributed by atoms with van der Waals surface area (Å²) in [5.74, 6) is 0. The largest absolute Gasteiger partial charge is 0.103 e. The molecule has 0 aromatic carbocycles. The standard InChI is InChI=1S/C13H16.2C2H6/c1-5-7-9-11-13(4)12(3)10-8-6-2;2*1-2/h5-6,8-11H,1-4,7H2;2*1-2H3/b10-8-,11-9-;;. The molecule has 0 aromatic rings. The van der Waals surface area contributed by atoms with E-state index in [4.69, 9.17) is 0 Å². The number of hydrogen-bond donors (Lipinski definition) is 0. The van der Waals surface area contributed by atoms with Gasteiger partial charge in [-0.2, -0.15) is 0 Å². The molecule has 0 aromatic heterocycles. The third-order valence-corrected chi connectivity index (χ3v) is 1.47. The van der Waals surface area contributed by atoms with Gasteiger partial charge in [0.25, 0.3) is 0 Å². The number of hydrogen-bond acceptors (Lipinski definition) is 0. The molecule has 0 spiro atoms. The molecule has 0 saturated carbocycles. The molecule has 0 aliphatic carbocycles. The fourth-order valence-corrected chi connectivity index (χ4v) is 0.705. The molecule has 96 valence electrons. The van der Waals surface area contributed by atoms with Crippen molar-refractivity contribution in [3.8, 4) is 0 Å². The molecule has 0 radical (unpaired) electrons. The Labute approximate surface area is 108 Å². The van der Waals surface area contributed by atoms with Crippen LogP contribution in [0.5, 0.6) is 0 Å². The van der Waals surface area contributed by atoms with Crippen LogP contribution in [0.2, 0.25) is 0 Å². The molecular formula is C17H28. The Morgan fingerprint density at radius 2 is 1.35 bits per heavy atom. The van der Waals surface area contributed by atoms with E-state index < -0.39 is 0 Å². The summed E-state index contributed by atoms with van der Waals surface area (Å²) in [7, 11) is 0. The highest BCUT2D eigenvalue weighted by Gasteiger charge is 1.88. The second kappa shape index (κ2) is 19.9. The van der Waals surface area contributed by atoms with Crippen LogP contribution < -0.4 is 0 Å². The van der Waals surface area contributed by atoms with Gasteiger partial charge in [-0.25, -0.2) is 0 Å². The zero-order valence-electron chi connectivity index (χ0n) is 12.0. The van der Waals surface area contributed by atoms with Gasteiger partial charge in [0.15, 0.2) is 0 Å². The van der Waals surface area contributed by atoms with Crippen molar-refractivity contribution < 1.29 is 0 Å². The molecule has 17 heavy (non-hydrogen) atoms. The van der Waals surface area contributed by atoms with E-state index in [1.54, 1.807) is 6.08 Å². The van der Waals surface area contributed by atoms with Crippen molar-refractivity contribution in [2.75, 3.05) is 0 Å². The summed E-state index contributed by atoms with van der Waals surface area (Å²) < 4.78 is 0. The van der Waals surface area contributed by atoms with Crippen LogP contribution in [0.3, 0.4) is 0 Å². The maximum absolute atomic E-state index is 3.87. The second-order valence-electron chi connectivity index (χ2n) is 2.57. The average Bonchev–Trinajstić information content (AvgIpc) is 2.40. The lowest BCUT2D eigenvalue weighted by Crippen LogP contribution is -1.76.